The molecule has 0 N–H and O–H groups in total. The molecular weight excluding hydrogens is 779 g/mol. The third-order valence-electron chi connectivity index (χ3n) is 13.4. The fraction of sp³-hybridized carbons (Fsp3) is 0.0164. The van der Waals surface area contributed by atoms with Gasteiger partial charge in [-0.05, 0) is 93.0 Å². The smallest absolute Gasteiger partial charge is 0.143 e. The van der Waals surface area contributed by atoms with Crippen LogP contribution < -0.4 is 4.90 Å². The lowest BCUT2D eigenvalue weighted by Gasteiger charge is -2.35. The van der Waals surface area contributed by atoms with Crippen LogP contribution in [0.15, 0.2) is 245 Å². The van der Waals surface area contributed by atoms with Crippen LogP contribution in [0.5, 0.6) is 0 Å². The van der Waals surface area contributed by atoms with Gasteiger partial charge in [0.05, 0.1) is 5.41 Å². The van der Waals surface area contributed by atoms with Gasteiger partial charge in [-0.3, -0.25) is 0 Å². The summed E-state index contributed by atoms with van der Waals surface area (Å²) in [7, 11) is 0. The molecule has 0 fully saturated rings. The van der Waals surface area contributed by atoms with Gasteiger partial charge >= 0.3 is 0 Å². The van der Waals surface area contributed by atoms with Crippen molar-refractivity contribution in [3.05, 3.63) is 259 Å². The lowest BCUT2D eigenvalue weighted by Crippen LogP contribution is -2.28. The summed E-state index contributed by atoms with van der Waals surface area (Å²) in [5.41, 5.74) is 17.8. The Bertz CT molecular complexity index is 3660. The van der Waals surface area contributed by atoms with Crippen LogP contribution in [0, 0.1) is 0 Å². The van der Waals surface area contributed by atoms with E-state index in [1.807, 2.05) is 12.1 Å². The summed E-state index contributed by atoms with van der Waals surface area (Å²) in [6, 6.07) is 85.2. The van der Waals surface area contributed by atoms with Crippen molar-refractivity contribution < 1.29 is 8.83 Å². The van der Waals surface area contributed by atoms with E-state index in [4.69, 9.17) is 8.83 Å². The minimum Gasteiger partial charge on any atom is -0.455 e. The van der Waals surface area contributed by atoms with Gasteiger partial charge in [-0.1, -0.05) is 188 Å². The standard InChI is InChI=1S/C61H39NO2/c1-4-15-40(16-5-1)41-27-31-45(32-28-41)62(46-33-29-42(30-34-46)48-23-14-24-51-49-21-10-12-25-56(49)63-59(48)51)47-35-36-53-55(39-47)61(43-17-6-2-7-18-43,44-19-8-3-9-20-44)54-38-37-52-50-22-11-13-26-57(50)64-60(52)58(53)54/h1-39H. The zero-order valence-corrected chi connectivity index (χ0v) is 34.8. The first kappa shape index (κ1) is 36.3. The van der Waals surface area contributed by atoms with Gasteiger partial charge in [0.15, 0.2) is 0 Å². The van der Waals surface area contributed by atoms with E-state index in [0.29, 0.717) is 0 Å². The molecule has 1 aliphatic rings. The molecular formula is C61H39NO2. The van der Waals surface area contributed by atoms with Crippen molar-refractivity contribution in [2.75, 3.05) is 4.90 Å². The third-order valence-corrected chi connectivity index (χ3v) is 13.4. The fourth-order valence-corrected chi connectivity index (χ4v) is 10.5. The van der Waals surface area contributed by atoms with E-state index in [2.05, 4.69) is 229 Å². The Balaban J connectivity index is 1.04. The van der Waals surface area contributed by atoms with Gasteiger partial charge in [-0.25, -0.2) is 0 Å². The lowest BCUT2D eigenvalue weighted by molar-refractivity contribution is 0.668. The summed E-state index contributed by atoms with van der Waals surface area (Å²) in [6.07, 6.45) is 0. The minimum atomic E-state index is -0.631. The van der Waals surface area contributed by atoms with E-state index < -0.39 is 5.41 Å². The average molecular weight is 818 g/mol. The molecule has 3 nitrogen and oxygen atoms in total. The molecule has 2 aromatic heterocycles. The summed E-state index contributed by atoms with van der Waals surface area (Å²) in [5.74, 6) is 0. The maximum absolute atomic E-state index is 6.86. The molecule has 0 aliphatic heterocycles. The Morgan fingerprint density at radius 3 is 1.45 bits per heavy atom. The highest BCUT2D eigenvalue weighted by Crippen LogP contribution is 2.59. The first-order valence-electron chi connectivity index (χ1n) is 21.9. The second kappa shape index (κ2) is 14.3. The van der Waals surface area contributed by atoms with Crippen LogP contribution in [0.2, 0.25) is 0 Å². The summed E-state index contributed by atoms with van der Waals surface area (Å²) < 4.78 is 13.3. The van der Waals surface area contributed by atoms with Crippen molar-refractivity contribution >= 4 is 60.9 Å². The Hall–Kier alpha value is -8.40. The first-order chi connectivity index (χ1) is 31.7. The molecule has 0 radical (unpaired) electrons. The van der Waals surface area contributed by atoms with Gasteiger partial charge in [0.2, 0.25) is 0 Å². The van der Waals surface area contributed by atoms with Gasteiger partial charge < -0.3 is 13.7 Å². The zero-order chi connectivity index (χ0) is 42.2. The second-order valence-electron chi connectivity index (χ2n) is 16.8. The summed E-state index contributed by atoms with van der Waals surface area (Å²) >= 11 is 0. The summed E-state index contributed by atoms with van der Waals surface area (Å²) in [4.78, 5) is 2.39. The molecule has 0 saturated carbocycles. The fourth-order valence-electron chi connectivity index (χ4n) is 10.5. The number of hydrogen-bond acceptors (Lipinski definition) is 3. The Morgan fingerprint density at radius 1 is 0.312 bits per heavy atom. The van der Waals surface area contributed by atoms with E-state index >= 15 is 0 Å². The highest BCUT2D eigenvalue weighted by atomic mass is 16.3. The molecule has 0 bridgehead atoms. The van der Waals surface area contributed by atoms with Crippen molar-refractivity contribution in [1.29, 1.82) is 0 Å². The molecule has 2 heterocycles. The molecule has 0 amide bonds. The third kappa shape index (κ3) is 5.41. The van der Waals surface area contributed by atoms with Crippen molar-refractivity contribution in [3.63, 3.8) is 0 Å². The number of hydrogen-bond donors (Lipinski definition) is 0. The largest absolute Gasteiger partial charge is 0.455 e. The maximum atomic E-state index is 6.86. The van der Waals surface area contributed by atoms with Gasteiger partial charge in [0, 0.05) is 49.7 Å². The van der Waals surface area contributed by atoms with E-state index in [1.54, 1.807) is 0 Å². The molecule has 64 heavy (non-hydrogen) atoms. The number of para-hydroxylation sites is 3. The highest BCUT2D eigenvalue weighted by Gasteiger charge is 2.47. The minimum absolute atomic E-state index is 0.631. The van der Waals surface area contributed by atoms with E-state index in [-0.39, 0.29) is 0 Å². The topological polar surface area (TPSA) is 29.5 Å². The summed E-state index contributed by atoms with van der Waals surface area (Å²) in [6.45, 7) is 0. The van der Waals surface area contributed by atoms with Crippen LogP contribution >= 0.6 is 0 Å². The molecule has 13 rings (SSSR count). The molecule has 3 heteroatoms. The number of anilines is 3. The molecule has 1 aliphatic carbocycles. The quantitative estimate of drug-likeness (QED) is 0.160. The lowest BCUT2D eigenvalue weighted by atomic mass is 9.67. The van der Waals surface area contributed by atoms with Crippen molar-refractivity contribution in [1.82, 2.24) is 0 Å². The molecule has 0 atom stereocenters. The van der Waals surface area contributed by atoms with Crippen molar-refractivity contribution in [2.45, 2.75) is 5.41 Å². The predicted molar refractivity (Wildman–Crippen MR) is 264 cm³/mol. The molecule has 10 aromatic carbocycles. The Kier molecular flexibility index (Phi) is 8.13. The number of nitrogens with zero attached hydrogens (tertiary/aromatic N) is 1. The molecule has 12 aromatic rings. The number of rotatable bonds is 7. The number of fused-ring (bicyclic) bond motifs is 10. The van der Waals surface area contributed by atoms with Gasteiger partial charge in [0.25, 0.3) is 0 Å². The Labute approximate surface area is 370 Å². The Morgan fingerprint density at radius 2 is 0.812 bits per heavy atom. The van der Waals surface area contributed by atoms with Crippen LogP contribution in [0.25, 0.3) is 77.3 Å². The van der Waals surface area contributed by atoms with E-state index in [0.717, 1.165) is 77.6 Å². The van der Waals surface area contributed by atoms with E-state index in [1.165, 1.54) is 38.9 Å². The molecule has 0 saturated heterocycles. The van der Waals surface area contributed by atoms with Crippen LogP contribution in [0.1, 0.15) is 22.3 Å². The molecule has 300 valence electrons. The van der Waals surface area contributed by atoms with Gasteiger partial charge in [-0.15, -0.1) is 0 Å². The zero-order valence-electron chi connectivity index (χ0n) is 34.8. The predicted octanol–water partition coefficient (Wildman–Crippen LogP) is 16.7. The van der Waals surface area contributed by atoms with Crippen molar-refractivity contribution in [3.8, 4) is 33.4 Å². The number of furan rings is 2. The summed E-state index contributed by atoms with van der Waals surface area (Å²) in [5, 5.41) is 4.50. The van der Waals surface area contributed by atoms with Crippen molar-refractivity contribution in [2.24, 2.45) is 0 Å². The number of benzene rings is 10. The SMILES string of the molecule is c1ccc(-c2ccc(N(c3ccc(-c4cccc5c4oc4ccccc45)cc3)c3ccc4c(c3)C(c3ccccc3)(c3ccccc3)c3ccc5c(oc6ccccc65)c3-4)cc2)cc1. The average Bonchev–Trinajstić information content (AvgIpc) is 4.04. The van der Waals surface area contributed by atoms with Gasteiger partial charge in [-0.2, -0.15) is 0 Å². The van der Waals surface area contributed by atoms with Crippen LogP contribution in [-0.2, 0) is 5.41 Å². The van der Waals surface area contributed by atoms with Crippen LogP contribution in [0.3, 0.4) is 0 Å². The van der Waals surface area contributed by atoms with E-state index in [9.17, 15) is 0 Å². The first-order valence-corrected chi connectivity index (χ1v) is 21.9. The molecule has 0 unspecified atom stereocenters. The maximum Gasteiger partial charge on any atom is 0.143 e. The highest BCUT2D eigenvalue weighted by molar-refractivity contribution is 6.13. The van der Waals surface area contributed by atoms with Gasteiger partial charge in [0.1, 0.15) is 22.3 Å². The van der Waals surface area contributed by atoms with Crippen LogP contribution in [-0.4, -0.2) is 0 Å². The van der Waals surface area contributed by atoms with Crippen LogP contribution in [0.4, 0.5) is 17.1 Å². The second-order valence-corrected chi connectivity index (χ2v) is 16.8. The normalized spacial score (nSPS) is 12.8. The monoisotopic (exact) mass is 817 g/mol. The molecule has 0 spiro atoms.